The monoisotopic (exact) mass is 541 g/mol. The smallest absolute Gasteiger partial charge is 0.0566 e. The van der Waals surface area contributed by atoms with E-state index in [2.05, 4.69) is 27.7 Å². The molecule has 0 aliphatic heterocycles. The highest BCUT2D eigenvalue weighted by Crippen LogP contribution is 2.25. The molecule has 0 saturated heterocycles. The van der Waals surface area contributed by atoms with Crippen LogP contribution in [0.5, 0.6) is 0 Å². The molecule has 0 aliphatic carbocycles. The van der Waals surface area contributed by atoms with Gasteiger partial charge in [-0.2, -0.15) is 0 Å². The molecule has 0 N–H and O–H groups in total. The van der Waals surface area contributed by atoms with Gasteiger partial charge in [-0.1, -0.05) is 156 Å². The van der Waals surface area contributed by atoms with Gasteiger partial charge in [0.1, 0.15) is 0 Å². The fourth-order valence-corrected chi connectivity index (χ4v) is 5.13. The van der Waals surface area contributed by atoms with Crippen LogP contribution in [0.4, 0.5) is 0 Å². The van der Waals surface area contributed by atoms with Gasteiger partial charge in [0.2, 0.25) is 0 Å². The summed E-state index contributed by atoms with van der Waals surface area (Å²) in [5.74, 6) is 0. The minimum atomic E-state index is 0.00142. The molecule has 0 unspecified atom stereocenters. The number of ether oxygens (including phenoxy) is 3. The summed E-state index contributed by atoms with van der Waals surface area (Å²) in [6.07, 6.45) is 31.9. The first kappa shape index (κ1) is 37.9. The van der Waals surface area contributed by atoms with Gasteiger partial charge in [0.25, 0.3) is 0 Å². The Kier molecular flexibility index (Phi) is 31.3. The van der Waals surface area contributed by atoms with Gasteiger partial charge in [-0.25, -0.2) is 0 Å². The molecule has 0 rings (SSSR count). The maximum absolute atomic E-state index is 6.25. The Labute approximate surface area is 240 Å². The predicted molar refractivity (Wildman–Crippen MR) is 168 cm³/mol. The predicted octanol–water partition coefficient (Wildman–Crippen LogP) is 11.5. The average molecular weight is 541 g/mol. The molecular formula is C35H72O3. The zero-order chi connectivity index (χ0) is 27.8. The summed E-state index contributed by atoms with van der Waals surface area (Å²) in [7, 11) is 0. The fourth-order valence-electron chi connectivity index (χ4n) is 5.13. The molecule has 0 bridgehead atoms. The Balaban J connectivity index is 4.22. The molecule has 0 amide bonds. The first-order chi connectivity index (χ1) is 18.7. The standard InChI is InChI=1S/C35H72O3/c1-5-9-12-15-18-21-24-27-30-37-33-35(8-4,32-36-29-26-23-20-17-14-11-7-3)34-38-31-28-25-22-19-16-13-10-6-2/h5-34H2,1-4H3. The summed E-state index contributed by atoms with van der Waals surface area (Å²) in [5.41, 5.74) is 0.00142. The van der Waals surface area contributed by atoms with Crippen molar-refractivity contribution in [3.05, 3.63) is 0 Å². The number of unbranched alkanes of at least 4 members (excludes halogenated alkanes) is 20. The SMILES string of the molecule is CCCCCCCCCCOCC(CC)(COCCCCCCCCC)COCCCCCCCCCC. The first-order valence-corrected chi connectivity index (χ1v) is 17.5. The van der Waals surface area contributed by atoms with Crippen molar-refractivity contribution in [2.24, 2.45) is 5.41 Å². The molecule has 3 heteroatoms. The molecule has 0 saturated carbocycles. The van der Waals surface area contributed by atoms with Crippen LogP contribution >= 0.6 is 0 Å². The quantitative estimate of drug-likeness (QED) is 0.0775. The Morgan fingerprint density at radius 3 is 0.789 bits per heavy atom. The Morgan fingerprint density at radius 1 is 0.316 bits per heavy atom. The fraction of sp³-hybridized carbons (Fsp3) is 1.00. The lowest BCUT2D eigenvalue weighted by Gasteiger charge is -2.32. The highest BCUT2D eigenvalue weighted by atomic mass is 16.5. The van der Waals surface area contributed by atoms with Crippen molar-refractivity contribution < 1.29 is 14.2 Å². The van der Waals surface area contributed by atoms with Crippen molar-refractivity contribution >= 4 is 0 Å². The van der Waals surface area contributed by atoms with E-state index in [0.29, 0.717) is 0 Å². The molecular weight excluding hydrogens is 468 g/mol. The van der Waals surface area contributed by atoms with Gasteiger partial charge in [0.15, 0.2) is 0 Å². The second kappa shape index (κ2) is 31.4. The zero-order valence-corrected chi connectivity index (χ0v) is 26.9. The lowest BCUT2D eigenvalue weighted by Crippen LogP contribution is -2.37. The number of hydrogen-bond donors (Lipinski definition) is 0. The van der Waals surface area contributed by atoms with Gasteiger partial charge >= 0.3 is 0 Å². The van der Waals surface area contributed by atoms with E-state index in [1.54, 1.807) is 0 Å². The molecule has 0 radical (unpaired) electrons. The molecule has 0 fully saturated rings. The van der Waals surface area contributed by atoms with Gasteiger partial charge in [0.05, 0.1) is 19.8 Å². The molecule has 230 valence electrons. The van der Waals surface area contributed by atoms with Crippen LogP contribution in [-0.4, -0.2) is 39.6 Å². The van der Waals surface area contributed by atoms with Crippen LogP contribution in [0.25, 0.3) is 0 Å². The normalized spacial score (nSPS) is 12.0. The summed E-state index contributed by atoms with van der Waals surface area (Å²) >= 11 is 0. The van der Waals surface area contributed by atoms with Crippen LogP contribution in [0, 0.1) is 5.41 Å². The third-order valence-electron chi connectivity index (χ3n) is 8.15. The van der Waals surface area contributed by atoms with Crippen LogP contribution in [0.1, 0.15) is 182 Å². The molecule has 0 aromatic heterocycles. The van der Waals surface area contributed by atoms with Crippen molar-refractivity contribution in [2.45, 2.75) is 182 Å². The Hall–Kier alpha value is -0.120. The van der Waals surface area contributed by atoms with Gasteiger partial charge in [0, 0.05) is 25.2 Å². The lowest BCUT2D eigenvalue weighted by atomic mass is 9.88. The van der Waals surface area contributed by atoms with E-state index >= 15 is 0 Å². The van der Waals surface area contributed by atoms with E-state index in [4.69, 9.17) is 14.2 Å². The van der Waals surface area contributed by atoms with Crippen LogP contribution < -0.4 is 0 Å². The third-order valence-corrected chi connectivity index (χ3v) is 8.15. The molecule has 3 nitrogen and oxygen atoms in total. The van der Waals surface area contributed by atoms with Crippen molar-refractivity contribution in [3.8, 4) is 0 Å². The molecule has 0 heterocycles. The van der Waals surface area contributed by atoms with Gasteiger partial charge in [-0.15, -0.1) is 0 Å². The maximum Gasteiger partial charge on any atom is 0.0566 e. The third kappa shape index (κ3) is 26.1. The summed E-state index contributed by atoms with van der Waals surface area (Å²) < 4.78 is 18.7. The summed E-state index contributed by atoms with van der Waals surface area (Å²) in [5, 5.41) is 0. The topological polar surface area (TPSA) is 27.7 Å². The molecule has 0 spiro atoms. The number of rotatable bonds is 33. The zero-order valence-electron chi connectivity index (χ0n) is 26.9. The molecule has 0 atom stereocenters. The maximum atomic E-state index is 6.25. The molecule has 0 aromatic carbocycles. The Bertz CT molecular complexity index is 401. The lowest BCUT2D eigenvalue weighted by molar-refractivity contribution is -0.0728. The van der Waals surface area contributed by atoms with Crippen molar-refractivity contribution in [1.82, 2.24) is 0 Å². The molecule has 0 aromatic rings. The van der Waals surface area contributed by atoms with Crippen LogP contribution in [0.15, 0.2) is 0 Å². The second-order valence-corrected chi connectivity index (χ2v) is 12.1. The van der Waals surface area contributed by atoms with E-state index in [-0.39, 0.29) is 5.41 Å². The molecule has 38 heavy (non-hydrogen) atoms. The van der Waals surface area contributed by atoms with E-state index < -0.39 is 0 Å². The van der Waals surface area contributed by atoms with Crippen LogP contribution in [0.3, 0.4) is 0 Å². The largest absolute Gasteiger partial charge is 0.381 e. The summed E-state index contributed by atoms with van der Waals surface area (Å²) in [6.45, 7) is 14.1. The van der Waals surface area contributed by atoms with Gasteiger partial charge in [-0.3, -0.25) is 0 Å². The Morgan fingerprint density at radius 2 is 0.553 bits per heavy atom. The highest BCUT2D eigenvalue weighted by molar-refractivity contribution is 4.78. The van der Waals surface area contributed by atoms with E-state index in [0.717, 1.165) is 46.1 Å². The second-order valence-electron chi connectivity index (χ2n) is 12.1. The minimum absolute atomic E-state index is 0.00142. The van der Waals surface area contributed by atoms with Crippen molar-refractivity contribution in [1.29, 1.82) is 0 Å². The minimum Gasteiger partial charge on any atom is -0.381 e. The average Bonchev–Trinajstić information content (AvgIpc) is 2.93. The summed E-state index contributed by atoms with van der Waals surface area (Å²) in [6, 6.07) is 0. The van der Waals surface area contributed by atoms with Crippen molar-refractivity contribution in [3.63, 3.8) is 0 Å². The first-order valence-electron chi connectivity index (χ1n) is 17.5. The van der Waals surface area contributed by atoms with E-state index in [1.165, 1.54) is 148 Å². The van der Waals surface area contributed by atoms with E-state index in [1.807, 2.05) is 0 Å². The van der Waals surface area contributed by atoms with Gasteiger partial charge < -0.3 is 14.2 Å². The number of hydrogen-bond acceptors (Lipinski definition) is 3. The van der Waals surface area contributed by atoms with Crippen LogP contribution in [0.2, 0.25) is 0 Å². The van der Waals surface area contributed by atoms with Gasteiger partial charge in [-0.05, 0) is 25.7 Å². The van der Waals surface area contributed by atoms with Crippen LogP contribution in [-0.2, 0) is 14.2 Å². The highest BCUT2D eigenvalue weighted by Gasteiger charge is 2.29. The van der Waals surface area contributed by atoms with Crippen molar-refractivity contribution in [2.75, 3.05) is 39.6 Å². The summed E-state index contributed by atoms with van der Waals surface area (Å²) in [4.78, 5) is 0. The molecule has 0 aliphatic rings. The van der Waals surface area contributed by atoms with E-state index in [9.17, 15) is 0 Å².